The summed E-state index contributed by atoms with van der Waals surface area (Å²) < 4.78 is 0. The Labute approximate surface area is 202 Å². The predicted octanol–water partition coefficient (Wildman–Crippen LogP) is 3.37. The van der Waals surface area contributed by atoms with Gasteiger partial charge in [-0.2, -0.15) is 0 Å². The molecule has 1 aliphatic heterocycles. The molecular weight excluding hydrogens is 426 g/mol. The van der Waals surface area contributed by atoms with Gasteiger partial charge in [0, 0.05) is 62.3 Å². The van der Waals surface area contributed by atoms with Gasteiger partial charge in [-0.1, -0.05) is 25.8 Å². The van der Waals surface area contributed by atoms with Crippen LogP contribution < -0.4 is 11.1 Å². The van der Waals surface area contributed by atoms with Crippen LogP contribution in [0.15, 0.2) is 36.7 Å². The number of nitrogens with two attached hydrogens (primary N) is 1. The Morgan fingerprint density at radius 2 is 1.85 bits per heavy atom. The van der Waals surface area contributed by atoms with E-state index in [2.05, 4.69) is 46.2 Å². The molecule has 0 saturated carbocycles. The van der Waals surface area contributed by atoms with Crippen LogP contribution >= 0.6 is 0 Å². The molecule has 1 unspecified atom stereocenters. The van der Waals surface area contributed by atoms with Crippen LogP contribution in [0.3, 0.4) is 0 Å². The minimum absolute atomic E-state index is 0.0287. The van der Waals surface area contributed by atoms with E-state index in [1.165, 1.54) is 0 Å². The second-order valence-corrected chi connectivity index (χ2v) is 9.75. The number of nitrogen functional groups attached to an aromatic ring is 1. The molecule has 4 N–H and O–H groups in total. The summed E-state index contributed by atoms with van der Waals surface area (Å²) in [5.41, 5.74) is 11.0. The van der Waals surface area contributed by atoms with E-state index in [0.29, 0.717) is 5.82 Å². The van der Waals surface area contributed by atoms with Crippen LogP contribution in [0.5, 0.6) is 0 Å². The normalized spacial score (nSPS) is 17.1. The molecule has 8 nitrogen and oxygen atoms in total. The highest BCUT2D eigenvalue weighted by atomic mass is 16.3. The number of aliphatic hydroxyl groups is 1. The molecule has 0 amide bonds. The summed E-state index contributed by atoms with van der Waals surface area (Å²) in [4.78, 5) is 18.7. The van der Waals surface area contributed by atoms with E-state index >= 15 is 0 Å². The molecule has 182 valence electrons. The number of nitrogens with zero attached hydrogens (tertiary/aromatic N) is 5. The van der Waals surface area contributed by atoms with Gasteiger partial charge in [0.1, 0.15) is 11.3 Å². The van der Waals surface area contributed by atoms with Gasteiger partial charge in [0.05, 0.1) is 29.0 Å². The number of hydrogen-bond acceptors (Lipinski definition) is 8. The van der Waals surface area contributed by atoms with Crippen molar-refractivity contribution in [1.82, 2.24) is 24.8 Å². The molecule has 1 atom stereocenters. The maximum Gasteiger partial charge on any atom is 0.126 e. The highest BCUT2D eigenvalue weighted by Gasteiger charge is 2.24. The van der Waals surface area contributed by atoms with Gasteiger partial charge >= 0.3 is 0 Å². The summed E-state index contributed by atoms with van der Waals surface area (Å²) in [5, 5.41) is 13.5. The maximum atomic E-state index is 10.0. The Bertz CT molecular complexity index is 1100. The van der Waals surface area contributed by atoms with Gasteiger partial charge < -0.3 is 21.1 Å². The average molecular weight is 464 g/mol. The highest BCUT2D eigenvalue weighted by molar-refractivity contribution is 5.91. The third kappa shape index (κ3) is 5.81. The maximum absolute atomic E-state index is 10.0. The van der Waals surface area contributed by atoms with Crippen molar-refractivity contribution in [2.45, 2.75) is 45.2 Å². The largest absolute Gasteiger partial charge is 0.394 e. The lowest BCUT2D eigenvalue weighted by Crippen LogP contribution is -2.43. The zero-order valence-electron chi connectivity index (χ0n) is 20.6. The standard InChI is InChI=1S/C26H37N7O/c1-4-5-8-26(2,18-34)31-23-14-24(27)30-22-13-20(16-29-25(22)23)19-6-7-21(28-15-19)17-33-11-9-32(3)10-12-33/h6-7,13-16,34H,4-5,8-12,17-18H2,1-3H3,(H3,27,30,31). The van der Waals surface area contributed by atoms with E-state index in [0.717, 1.165) is 85.5 Å². The number of fused-ring (bicyclic) bond motifs is 1. The quantitative estimate of drug-likeness (QED) is 0.444. The Morgan fingerprint density at radius 3 is 2.53 bits per heavy atom. The number of pyridine rings is 3. The molecule has 8 heteroatoms. The van der Waals surface area contributed by atoms with Crippen molar-refractivity contribution < 1.29 is 5.11 Å². The number of rotatable bonds is 9. The zero-order chi connectivity index (χ0) is 24.1. The molecule has 0 bridgehead atoms. The molecule has 4 rings (SSSR count). The van der Waals surface area contributed by atoms with E-state index in [9.17, 15) is 5.11 Å². The minimum Gasteiger partial charge on any atom is -0.394 e. The summed E-state index contributed by atoms with van der Waals surface area (Å²) in [7, 11) is 2.17. The second-order valence-electron chi connectivity index (χ2n) is 9.75. The van der Waals surface area contributed by atoms with E-state index in [-0.39, 0.29) is 6.61 Å². The van der Waals surface area contributed by atoms with Crippen LogP contribution in [0.2, 0.25) is 0 Å². The van der Waals surface area contributed by atoms with Crippen LogP contribution in [0.1, 0.15) is 38.8 Å². The van der Waals surface area contributed by atoms with Crippen LogP contribution in [0.4, 0.5) is 11.5 Å². The molecule has 34 heavy (non-hydrogen) atoms. The van der Waals surface area contributed by atoms with Crippen LogP contribution in [-0.2, 0) is 6.54 Å². The second kappa shape index (κ2) is 10.6. The SMILES string of the molecule is CCCCC(C)(CO)Nc1cc(N)nc2cc(-c3ccc(CN4CCN(C)CC4)nc3)cnc12. The van der Waals surface area contributed by atoms with Crippen molar-refractivity contribution >= 4 is 22.5 Å². The number of hydrogen-bond donors (Lipinski definition) is 3. The van der Waals surface area contributed by atoms with Crippen LogP contribution in [0.25, 0.3) is 22.2 Å². The van der Waals surface area contributed by atoms with E-state index in [1.54, 1.807) is 6.07 Å². The van der Waals surface area contributed by atoms with E-state index in [1.807, 2.05) is 25.4 Å². The molecule has 0 aromatic carbocycles. The van der Waals surface area contributed by atoms with Crippen molar-refractivity contribution in [1.29, 1.82) is 0 Å². The van der Waals surface area contributed by atoms with Gasteiger partial charge in [-0.3, -0.25) is 14.9 Å². The number of aromatic nitrogens is 3. The topological polar surface area (TPSA) is 103 Å². The molecule has 1 saturated heterocycles. The third-order valence-electron chi connectivity index (χ3n) is 6.67. The summed E-state index contributed by atoms with van der Waals surface area (Å²) in [6, 6.07) is 7.99. The van der Waals surface area contributed by atoms with Gasteiger partial charge in [0.15, 0.2) is 0 Å². The Kier molecular flexibility index (Phi) is 7.60. The Morgan fingerprint density at radius 1 is 1.09 bits per heavy atom. The molecule has 0 spiro atoms. The summed E-state index contributed by atoms with van der Waals surface area (Å²) in [6.07, 6.45) is 6.71. The number of unbranched alkanes of at least 4 members (excludes halogenated alkanes) is 1. The van der Waals surface area contributed by atoms with E-state index < -0.39 is 5.54 Å². The molecule has 4 heterocycles. The molecule has 0 aliphatic carbocycles. The van der Waals surface area contributed by atoms with Gasteiger partial charge in [-0.05, 0) is 32.5 Å². The molecular formula is C26H37N7O. The lowest BCUT2D eigenvalue weighted by Gasteiger charge is -2.32. The fourth-order valence-electron chi connectivity index (χ4n) is 4.38. The summed E-state index contributed by atoms with van der Waals surface area (Å²) >= 11 is 0. The van der Waals surface area contributed by atoms with Gasteiger partial charge in [0.2, 0.25) is 0 Å². The third-order valence-corrected chi connectivity index (χ3v) is 6.67. The predicted molar refractivity (Wildman–Crippen MR) is 139 cm³/mol. The first-order valence-corrected chi connectivity index (χ1v) is 12.2. The number of piperazine rings is 1. The first-order valence-electron chi connectivity index (χ1n) is 12.2. The minimum atomic E-state index is -0.444. The summed E-state index contributed by atoms with van der Waals surface area (Å²) in [5.74, 6) is 0.422. The van der Waals surface area contributed by atoms with Crippen molar-refractivity contribution in [3.05, 3.63) is 42.4 Å². The fraction of sp³-hybridized carbons (Fsp3) is 0.500. The lowest BCUT2D eigenvalue weighted by atomic mass is 9.95. The number of likely N-dealkylation sites (N-methyl/N-ethyl adjacent to an activating group) is 1. The molecule has 0 radical (unpaired) electrons. The van der Waals surface area contributed by atoms with Gasteiger partial charge in [0.25, 0.3) is 0 Å². The molecule has 3 aromatic heterocycles. The Hall–Kier alpha value is -2.81. The molecule has 1 fully saturated rings. The monoisotopic (exact) mass is 463 g/mol. The van der Waals surface area contributed by atoms with Crippen LogP contribution in [0, 0.1) is 0 Å². The van der Waals surface area contributed by atoms with Crippen molar-refractivity contribution in [2.75, 3.05) is 50.9 Å². The summed E-state index contributed by atoms with van der Waals surface area (Å²) in [6.45, 7) is 9.43. The molecule has 3 aromatic rings. The number of nitrogens with one attached hydrogen (secondary N) is 1. The average Bonchev–Trinajstić information content (AvgIpc) is 2.84. The lowest BCUT2D eigenvalue weighted by molar-refractivity contribution is 0.147. The van der Waals surface area contributed by atoms with E-state index in [4.69, 9.17) is 15.7 Å². The molecule has 1 aliphatic rings. The number of anilines is 2. The van der Waals surface area contributed by atoms with Gasteiger partial charge in [-0.25, -0.2) is 4.98 Å². The Balaban J connectivity index is 1.54. The zero-order valence-corrected chi connectivity index (χ0v) is 20.6. The smallest absolute Gasteiger partial charge is 0.126 e. The van der Waals surface area contributed by atoms with Gasteiger partial charge in [-0.15, -0.1) is 0 Å². The van der Waals surface area contributed by atoms with Crippen molar-refractivity contribution in [2.24, 2.45) is 0 Å². The van der Waals surface area contributed by atoms with Crippen LogP contribution in [-0.4, -0.2) is 75.2 Å². The highest BCUT2D eigenvalue weighted by Crippen LogP contribution is 2.30. The van der Waals surface area contributed by atoms with Crippen molar-refractivity contribution in [3.63, 3.8) is 0 Å². The first kappa shape index (κ1) is 24.3. The first-order chi connectivity index (χ1) is 16.4. The van der Waals surface area contributed by atoms with Crippen molar-refractivity contribution in [3.8, 4) is 11.1 Å². The fourth-order valence-corrected chi connectivity index (χ4v) is 4.38. The number of aliphatic hydroxyl groups excluding tert-OH is 1.